The van der Waals surface area contributed by atoms with Gasteiger partial charge in [0, 0.05) is 48.9 Å². The van der Waals surface area contributed by atoms with E-state index >= 15 is 0 Å². The van der Waals surface area contributed by atoms with Crippen LogP contribution in [0.2, 0.25) is 0 Å². The number of piperazine rings is 1. The second-order valence-corrected chi connectivity index (χ2v) is 9.00. The van der Waals surface area contributed by atoms with Crippen LogP contribution in [-0.2, 0) is 6.54 Å². The maximum absolute atomic E-state index is 12.8. The number of halogens is 1. The molecule has 0 bridgehead atoms. The van der Waals surface area contributed by atoms with Crippen LogP contribution in [0.1, 0.15) is 43.9 Å². The fourth-order valence-corrected chi connectivity index (χ4v) is 4.94. The molecule has 25 heavy (non-hydrogen) atoms. The van der Waals surface area contributed by atoms with E-state index in [-0.39, 0.29) is 11.7 Å². The summed E-state index contributed by atoms with van der Waals surface area (Å²) < 4.78 is 1.15. The van der Waals surface area contributed by atoms with E-state index in [2.05, 4.69) is 37.9 Å². The smallest absolute Gasteiger partial charge is 0.270 e. The molecule has 5 nitrogen and oxygen atoms in total. The zero-order valence-electron chi connectivity index (χ0n) is 14.7. The number of ketones is 1. The lowest BCUT2D eigenvalue weighted by atomic mass is 10.1. The monoisotopic (exact) mass is 423 g/mol. The van der Waals surface area contributed by atoms with E-state index in [1.54, 1.807) is 18.3 Å². The molecule has 0 spiro atoms. The lowest BCUT2D eigenvalue weighted by molar-refractivity contribution is 0.0623. The SMILES string of the molecule is CC(=O)c1c(C)[nH]c(C(=O)N2CCN(Cc3ccc(Br)s3)CC2)c1C. The Hall–Kier alpha value is -1.44. The van der Waals surface area contributed by atoms with Gasteiger partial charge in [-0.15, -0.1) is 11.3 Å². The highest BCUT2D eigenvalue weighted by Gasteiger charge is 2.26. The Morgan fingerprint density at radius 1 is 1.20 bits per heavy atom. The van der Waals surface area contributed by atoms with E-state index < -0.39 is 0 Å². The molecule has 1 aliphatic heterocycles. The third-order valence-corrected chi connectivity index (χ3v) is 6.28. The highest BCUT2D eigenvalue weighted by Crippen LogP contribution is 2.24. The normalized spacial score (nSPS) is 15.6. The van der Waals surface area contributed by atoms with Crippen molar-refractivity contribution in [3.8, 4) is 0 Å². The Bertz CT molecular complexity index is 803. The molecule has 0 saturated carbocycles. The number of nitrogens with one attached hydrogen (secondary N) is 1. The van der Waals surface area contributed by atoms with Gasteiger partial charge in [0.1, 0.15) is 5.69 Å². The predicted molar refractivity (Wildman–Crippen MR) is 103 cm³/mol. The topological polar surface area (TPSA) is 56.4 Å². The van der Waals surface area contributed by atoms with Gasteiger partial charge in [-0.1, -0.05) is 0 Å². The van der Waals surface area contributed by atoms with Crippen molar-refractivity contribution in [2.75, 3.05) is 26.2 Å². The minimum atomic E-state index is -0.00776. The number of rotatable bonds is 4. The number of thiophene rings is 1. The molecule has 1 fully saturated rings. The standard InChI is InChI=1S/C18H22BrN3O2S/c1-11-16(13(3)23)12(2)20-17(11)18(24)22-8-6-21(7-9-22)10-14-4-5-15(19)25-14/h4-5,20H,6-10H2,1-3H3. The van der Waals surface area contributed by atoms with E-state index in [9.17, 15) is 9.59 Å². The summed E-state index contributed by atoms with van der Waals surface area (Å²) in [6.07, 6.45) is 0. The number of nitrogens with zero attached hydrogens (tertiary/aromatic N) is 2. The Kier molecular flexibility index (Phi) is 5.46. The van der Waals surface area contributed by atoms with E-state index in [4.69, 9.17) is 0 Å². The second kappa shape index (κ2) is 7.43. The first-order valence-electron chi connectivity index (χ1n) is 8.32. The number of Topliss-reactive ketones (excluding diaryl/α,β-unsaturated/α-hetero) is 1. The molecule has 3 heterocycles. The minimum absolute atomic E-state index is 0.00257. The van der Waals surface area contributed by atoms with Crippen LogP contribution < -0.4 is 0 Å². The van der Waals surface area contributed by atoms with E-state index in [1.165, 1.54) is 4.88 Å². The van der Waals surface area contributed by atoms with Crippen LogP contribution in [0.5, 0.6) is 0 Å². The van der Waals surface area contributed by atoms with Crippen molar-refractivity contribution in [3.63, 3.8) is 0 Å². The number of hydrogen-bond donors (Lipinski definition) is 1. The maximum atomic E-state index is 12.8. The summed E-state index contributed by atoms with van der Waals surface area (Å²) in [6.45, 7) is 9.29. The van der Waals surface area contributed by atoms with Gasteiger partial charge in [-0.2, -0.15) is 0 Å². The van der Waals surface area contributed by atoms with Gasteiger partial charge in [0.05, 0.1) is 3.79 Å². The third kappa shape index (κ3) is 3.88. The summed E-state index contributed by atoms with van der Waals surface area (Å²) in [7, 11) is 0. The average molecular weight is 424 g/mol. The molecule has 0 atom stereocenters. The van der Waals surface area contributed by atoms with Crippen LogP contribution in [0.4, 0.5) is 0 Å². The van der Waals surface area contributed by atoms with Crippen molar-refractivity contribution in [2.45, 2.75) is 27.3 Å². The van der Waals surface area contributed by atoms with Crippen molar-refractivity contribution >= 4 is 39.0 Å². The third-order valence-electron chi connectivity index (χ3n) is 4.67. The number of carbonyl (C=O) groups is 2. The van der Waals surface area contributed by atoms with Gasteiger partial charge in [-0.05, 0) is 54.4 Å². The zero-order chi connectivity index (χ0) is 18.1. The first-order valence-corrected chi connectivity index (χ1v) is 9.93. The Balaban J connectivity index is 1.64. The average Bonchev–Trinajstić information content (AvgIpc) is 3.10. The van der Waals surface area contributed by atoms with Crippen LogP contribution in [0.15, 0.2) is 15.9 Å². The molecule has 1 saturated heterocycles. The van der Waals surface area contributed by atoms with E-state index in [0.29, 0.717) is 24.3 Å². The van der Waals surface area contributed by atoms with Crippen LogP contribution in [0.25, 0.3) is 0 Å². The van der Waals surface area contributed by atoms with Gasteiger partial charge in [0.2, 0.25) is 0 Å². The number of H-pyrrole nitrogens is 1. The van der Waals surface area contributed by atoms with Gasteiger partial charge in [0.25, 0.3) is 5.91 Å². The second-order valence-electron chi connectivity index (χ2n) is 6.46. The van der Waals surface area contributed by atoms with Crippen LogP contribution >= 0.6 is 27.3 Å². The fourth-order valence-electron chi connectivity index (χ4n) is 3.42. The number of aromatic amines is 1. The summed E-state index contributed by atoms with van der Waals surface area (Å²) in [5.41, 5.74) is 2.74. The molecule has 0 aliphatic carbocycles. The van der Waals surface area contributed by atoms with Crippen LogP contribution in [-0.4, -0.2) is 52.7 Å². The van der Waals surface area contributed by atoms with Crippen molar-refractivity contribution < 1.29 is 9.59 Å². The van der Waals surface area contributed by atoms with Crippen molar-refractivity contribution in [1.29, 1.82) is 0 Å². The van der Waals surface area contributed by atoms with Gasteiger partial charge >= 0.3 is 0 Å². The van der Waals surface area contributed by atoms with Crippen molar-refractivity contribution in [3.05, 3.63) is 43.3 Å². The Morgan fingerprint density at radius 3 is 2.40 bits per heavy atom. The van der Waals surface area contributed by atoms with Crippen molar-refractivity contribution in [1.82, 2.24) is 14.8 Å². The van der Waals surface area contributed by atoms with Gasteiger partial charge < -0.3 is 9.88 Å². The number of carbonyl (C=O) groups excluding carboxylic acids is 2. The lowest BCUT2D eigenvalue weighted by Crippen LogP contribution is -2.48. The molecular weight excluding hydrogens is 402 g/mol. The molecule has 0 unspecified atom stereocenters. The Labute approximate surface area is 160 Å². The van der Waals surface area contributed by atoms with Crippen LogP contribution in [0, 0.1) is 13.8 Å². The highest BCUT2D eigenvalue weighted by atomic mass is 79.9. The van der Waals surface area contributed by atoms with E-state index in [0.717, 1.165) is 34.7 Å². The summed E-state index contributed by atoms with van der Waals surface area (Å²) in [6, 6.07) is 4.21. The number of hydrogen-bond acceptors (Lipinski definition) is 4. The molecule has 1 amide bonds. The lowest BCUT2D eigenvalue weighted by Gasteiger charge is -2.34. The zero-order valence-corrected chi connectivity index (χ0v) is 17.1. The van der Waals surface area contributed by atoms with Crippen LogP contribution in [0.3, 0.4) is 0 Å². The summed E-state index contributed by atoms with van der Waals surface area (Å²) >= 11 is 5.25. The maximum Gasteiger partial charge on any atom is 0.270 e. The number of aryl methyl sites for hydroxylation is 1. The molecule has 2 aromatic rings. The van der Waals surface area contributed by atoms with Gasteiger partial charge in [-0.3, -0.25) is 14.5 Å². The molecule has 1 N–H and O–H groups in total. The highest BCUT2D eigenvalue weighted by molar-refractivity contribution is 9.11. The van der Waals surface area contributed by atoms with E-state index in [1.807, 2.05) is 18.7 Å². The number of amides is 1. The van der Waals surface area contributed by atoms with Gasteiger partial charge in [0.15, 0.2) is 5.78 Å². The summed E-state index contributed by atoms with van der Waals surface area (Å²) in [5, 5.41) is 0. The largest absolute Gasteiger partial charge is 0.354 e. The minimum Gasteiger partial charge on any atom is -0.354 e. The first-order chi connectivity index (χ1) is 11.9. The molecule has 134 valence electrons. The summed E-state index contributed by atoms with van der Waals surface area (Å²) in [5.74, 6) is -0.0103. The molecule has 3 rings (SSSR count). The quantitative estimate of drug-likeness (QED) is 0.763. The first kappa shape index (κ1) is 18.4. The number of aromatic nitrogens is 1. The predicted octanol–water partition coefficient (Wildman–Crippen LogP) is 3.62. The van der Waals surface area contributed by atoms with Gasteiger partial charge in [-0.25, -0.2) is 0 Å². The Morgan fingerprint density at radius 2 is 1.88 bits per heavy atom. The molecule has 1 aliphatic rings. The molecule has 2 aromatic heterocycles. The summed E-state index contributed by atoms with van der Waals surface area (Å²) in [4.78, 5) is 33.3. The fraction of sp³-hybridized carbons (Fsp3) is 0.444. The molecule has 0 radical (unpaired) electrons. The molecule has 0 aromatic carbocycles. The molecular formula is C18H22BrN3O2S. The van der Waals surface area contributed by atoms with Crippen molar-refractivity contribution in [2.24, 2.45) is 0 Å². The molecule has 7 heteroatoms.